The third-order valence-corrected chi connectivity index (χ3v) is 6.76. The average molecular weight is 478 g/mol. The number of ether oxygens (including phenoxy) is 1. The molecule has 1 amide bonds. The standard InChI is InChI=1S/C26H31N5O4/c1-18-13-20(14-21(16-27)26(32)28-17-23-7-6-12-35-23)19(2)30(18)22-8-9-24(25(15-22)31(33)34)29-10-4-3-5-11-29/h8-9,13-15,23H,3-7,10-12,17H2,1-2H3,(H,28,32)/b21-14+/t23-/m1/s1. The number of nitro benzene ring substituents is 1. The Balaban J connectivity index is 1.61. The smallest absolute Gasteiger partial charge is 0.294 e. The molecule has 1 aromatic heterocycles. The van der Waals surface area contributed by atoms with Gasteiger partial charge >= 0.3 is 0 Å². The van der Waals surface area contributed by atoms with Gasteiger partial charge in [-0.2, -0.15) is 5.26 Å². The van der Waals surface area contributed by atoms with Crippen molar-refractivity contribution in [2.45, 2.75) is 52.1 Å². The quantitative estimate of drug-likeness (QED) is 0.277. The Morgan fingerprint density at radius 2 is 2.03 bits per heavy atom. The summed E-state index contributed by atoms with van der Waals surface area (Å²) in [4.78, 5) is 26.2. The van der Waals surface area contributed by atoms with Gasteiger partial charge in [0.25, 0.3) is 11.6 Å². The van der Waals surface area contributed by atoms with E-state index in [1.807, 2.05) is 42.7 Å². The maximum atomic E-state index is 12.6. The first kappa shape index (κ1) is 24.5. The van der Waals surface area contributed by atoms with E-state index in [0.29, 0.717) is 30.1 Å². The van der Waals surface area contributed by atoms with E-state index in [2.05, 4.69) is 10.2 Å². The summed E-state index contributed by atoms with van der Waals surface area (Å²) in [5.41, 5.74) is 3.78. The van der Waals surface area contributed by atoms with Crippen LogP contribution in [-0.4, -0.2) is 47.7 Å². The molecule has 35 heavy (non-hydrogen) atoms. The molecule has 1 N–H and O–H groups in total. The van der Waals surface area contributed by atoms with Gasteiger partial charge in [-0.15, -0.1) is 0 Å². The van der Waals surface area contributed by atoms with Crippen molar-refractivity contribution < 1.29 is 14.5 Å². The Morgan fingerprint density at radius 1 is 1.26 bits per heavy atom. The Hall–Kier alpha value is -3.64. The highest BCUT2D eigenvalue weighted by Crippen LogP contribution is 2.34. The molecule has 0 spiro atoms. The second-order valence-electron chi connectivity index (χ2n) is 9.15. The maximum Gasteiger partial charge on any atom is 0.294 e. The number of amides is 1. The fraction of sp³-hybridized carbons (Fsp3) is 0.462. The fourth-order valence-electron chi connectivity index (χ4n) is 4.94. The molecular formula is C26H31N5O4. The summed E-state index contributed by atoms with van der Waals surface area (Å²) in [5, 5.41) is 24.3. The number of carbonyl (C=O) groups excluding carboxylic acids is 1. The summed E-state index contributed by atoms with van der Waals surface area (Å²) in [7, 11) is 0. The Bertz CT molecular complexity index is 1180. The summed E-state index contributed by atoms with van der Waals surface area (Å²) >= 11 is 0. The lowest BCUT2D eigenvalue weighted by Crippen LogP contribution is -2.32. The molecule has 0 radical (unpaired) electrons. The lowest BCUT2D eigenvalue weighted by molar-refractivity contribution is -0.384. The van der Waals surface area contributed by atoms with E-state index in [1.54, 1.807) is 12.1 Å². The molecule has 2 aliphatic rings. The molecule has 2 aromatic rings. The number of piperidine rings is 1. The number of aromatic nitrogens is 1. The van der Waals surface area contributed by atoms with Crippen molar-refractivity contribution in [3.8, 4) is 11.8 Å². The Morgan fingerprint density at radius 3 is 2.69 bits per heavy atom. The van der Waals surface area contributed by atoms with Crippen molar-refractivity contribution in [2.75, 3.05) is 31.1 Å². The highest BCUT2D eigenvalue weighted by atomic mass is 16.6. The number of nitro groups is 1. The van der Waals surface area contributed by atoms with Gasteiger partial charge in [0, 0.05) is 43.7 Å². The van der Waals surface area contributed by atoms with Crippen LogP contribution >= 0.6 is 0 Å². The van der Waals surface area contributed by atoms with Gasteiger partial charge in [-0.3, -0.25) is 14.9 Å². The van der Waals surface area contributed by atoms with Gasteiger partial charge in [0.2, 0.25) is 0 Å². The molecule has 2 fully saturated rings. The van der Waals surface area contributed by atoms with Gasteiger partial charge in [-0.1, -0.05) is 0 Å². The predicted octanol–water partition coefficient (Wildman–Crippen LogP) is 4.19. The van der Waals surface area contributed by atoms with Crippen LogP contribution in [0.5, 0.6) is 0 Å². The summed E-state index contributed by atoms with van der Waals surface area (Å²) in [6.07, 6.45) is 6.66. The molecule has 0 bridgehead atoms. The molecule has 0 aliphatic carbocycles. The van der Waals surface area contributed by atoms with Crippen molar-refractivity contribution in [2.24, 2.45) is 0 Å². The molecule has 0 saturated carbocycles. The zero-order chi connectivity index (χ0) is 24.9. The third-order valence-electron chi connectivity index (χ3n) is 6.76. The van der Waals surface area contributed by atoms with Crippen LogP contribution in [0.4, 0.5) is 11.4 Å². The van der Waals surface area contributed by atoms with Crippen molar-refractivity contribution in [1.82, 2.24) is 9.88 Å². The Labute approximate surface area is 205 Å². The zero-order valence-corrected chi connectivity index (χ0v) is 20.2. The number of hydrogen-bond acceptors (Lipinski definition) is 6. The van der Waals surface area contributed by atoms with E-state index in [-0.39, 0.29) is 22.3 Å². The lowest BCUT2D eigenvalue weighted by atomic mass is 10.1. The van der Waals surface area contributed by atoms with Gasteiger partial charge in [-0.25, -0.2) is 0 Å². The number of rotatable bonds is 7. The van der Waals surface area contributed by atoms with Crippen LogP contribution in [-0.2, 0) is 9.53 Å². The van der Waals surface area contributed by atoms with Crippen LogP contribution in [0.2, 0.25) is 0 Å². The van der Waals surface area contributed by atoms with Crippen LogP contribution in [0.3, 0.4) is 0 Å². The fourth-order valence-corrected chi connectivity index (χ4v) is 4.94. The van der Waals surface area contributed by atoms with Gasteiger partial charge in [0.05, 0.1) is 16.7 Å². The van der Waals surface area contributed by atoms with E-state index in [0.717, 1.165) is 56.6 Å². The minimum Gasteiger partial charge on any atom is -0.376 e. The average Bonchev–Trinajstić information content (AvgIpc) is 3.48. The van der Waals surface area contributed by atoms with Crippen LogP contribution in [0.25, 0.3) is 11.8 Å². The first-order valence-electron chi connectivity index (χ1n) is 12.1. The number of nitrogens with one attached hydrogen (secondary N) is 1. The number of nitrogens with zero attached hydrogens (tertiary/aromatic N) is 4. The second kappa shape index (κ2) is 10.7. The first-order valence-corrected chi connectivity index (χ1v) is 12.1. The molecule has 1 atom stereocenters. The molecule has 0 unspecified atom stereocenters. The molecule has 3 heterocycles. The molecular weight excluding hydrogens is 446 g/mol. The number of nitriles is 1. The first-order chi connectivity index (χ1) is 16.9. The van der Waals surface area contributed by atoms with E-state index in [9.17, 15) is 20.2 Å². The van der Waals surface area contributed by atoms with Crippen molar-refractivity contribution >= 4 is 23.4 Å². The van der Waals surface area contributed by atoms with E-state index in [4.69, 9.17) is 4.74 Å². The Kier molecular flexibility index (Phi) is 7.51. The predicted molar refractivity (Wildman–Crippen MR) is 134 cm³/mol. The van der Waals surface area contributed by atoms with Crippen LogP contribution in [0.1, 0.15) is 49.1 Å². The zero-order valence-electron chi connectivity index (χ0n) is 20.2. The number of hydrogen-bond donors (Lipinski definition) is 1. The largest absolute Gasteiger partial charge is 0.376 e. The SMILES string of the molecule is Cc1cc(/C=C(\C#N)C(=O)NC[C@H]2CCCO2)c(C)n1-c1ccc(N2CCCCC2)c([N+](=O)[O-])c1. The molecule has 2 saturated heterocycles. The molecule has 4 rings (SSSR count). The van der Waals surface area contributed by atoms with Crippen LogP contribution in [0, 0.1) is 35.3 Å². The summed E-state index contributed by atoms with van der Waals surface area (Å²) in [6.45, 7) is 6.50. The lowest BCUT2D eigenvalue weighted by Gasteiger charge is -2.28. The van der Waals surface area contributed by atoms with Crippen LogP contribution in [0.15, 0.2) is 29.8 Å². The van der Waals surface area contributed by atoms with E-state index >= 15 is 0 Å². The number of aryl methyl sites for hydroxylation is 1. The van der Waals surface area contributed by atoms with Crippen molar-refractivity contribution in [3.63, 3.8) is 0 Å². The number of benzene rings is 1. The molecule has 9 nitrogen and oxygen atoms in total. The van der Waals surface area contributed by atoms with Gasteiger partial charge in [0.15, 0.2) is 0 Å². The highest BCUT2D eigenvalue weighted by Gasteiger charge is 2.23. The third kappa shape index (κ3) is 5.38. The van der Waals surface area contributed by atoms with E-state index in [1.165, 1.54) is 0 Å². The number of carbonyl (C=O) groups is 1. The minimum absolute atomic E-state index is 0.00680. The maximum absolute atomic E-state index is 12.6. The van der Waals surface area contributed by atoms with E-state index < -0.39 is 5.91 Å². The minimum atomic E-state index is -0.436. The van der Waals surface area contributed by atoms with Gasteiger partial charge < -0.3 is 19.5 Å². The summed E-state index contributed by atoms with van der Waals surface area (Å²) < 4.78 is 7.44. The van der Waals surface area contributed by atoms with Gasteiger partial charge in [-0.05, 0) is 75.8 Å². The molecule has 1 aromatic carbocycles. The van der Waals surface area contributed by atoms with Crippen LogP contribution < -0.4 is 10.2 Å². The molecule has 184 valence electrons. The normalized spacial score (nSPS) is 18.4. The summed E-state index contributed by atoms with van der Waals surface area (Å²) in [5.74, 6) is -0.436. The molecule has 9 heteroatoms. The topological polar surface area (TPSA) is 113 Å². The summed E-state index contributed by atoms with van der Waals surface area (Å²) in [6, 6.07) is 9.20. The monoisotopic (exact) mass is 477 g/mol. The van der Waals surface area contributed by atoms with Gasteiger partial charge in [0.1, 0.15) is 17.3 Å². The van der Waals surface area contributed by atoms with Crippen molar-refractivity contribution in [1.29, 1.82) is 5.26 Å². The van der Waals surface area contributed by atoms with Crippen molar-refractivity contribution in [3.05, 3.63) is 56.9 Å². The second-order valence-corrected chi connectivity index (χ2v) is 9.15. The molecule has 2 aliphatic heterocycles. The number of anilines is 1. The highest BCUT2D eigenvalue weighted by molar-refractivity contribution is 6.01.